The molecule has 0 unspecified atom stereocenters. The van der Waals surface area contributed by atoms with Gasteiger partial charge in [-0.3, -0.25) is 0 Å². The van der Waals surface area contributed by atoms with Gasteiger partial charge in [-0.1, -0.05) is 22.0 Å². The number of alkyl halides is 1. The highest BCUT2D eigenvalue weighted by atomic mass is 127. The maximum absolute atomic E-state index is 12.1. The van der Waals surface area contributed by atoms with Crippen molar-refractivity contribution in [1.29, 1.82) is 0 Å². The second-order valence-electron chi connectivity index (χ2n) is 1.87. The fraction of sp³-hybridized carbons (Fsp3) is 0.143. The number of halogens is 3. The zero-order valence-electron chi connectivity index (χ0n) is 5.07. The molecule has 0 radical (unpaired) electrons. The smallest absolute Gasteiger partial charge is 0.116 e. The third-order valence-electron chi connectivity index (χ3n) is 1.16. The van der Waals surface area contributed by atoms with Crippen LogP contribution < -0.4 is 0 Å². The van der Waals surface area contributed by atoms with Crippen molar-refractivity contribution in [3.63, 3.8) is 0 Å². The van der Waals surface area contributed by atoms with Gasteiger partial charge in [0.1, 0.15) is 6.67 Å². The van der Waals surface area contributed by atoms with Crippen LogP contribution in [-0.2, 0) is 6.67 Å². The van der Waals surface area contributed by atoms with Crippen LogP contribution >= 0.6 is 38.5 Å². The third kappa shape index (κ3) is 1.92. The Morgan fingerprint density at radius 1 is 1.50 bits per heavy atom. The largest absolute Gasteiger partial charge is 0.246 e. The first-order valence-corrected chi connectivity index (χ1v) is 4.61. The van der Waals surface area contributed by atoms with E-state index in [1.54, 1.807) is 6.07 Å². The highest BCUT2D eigenvalue weighted by Gasteiger charge is 1.97. The summed E-state index contributed by atoms with van der Waals surface area (Å²) in [6.45, 7) is -0.405. The van der Waals surface area contributed by atoms with Crippen LogP contribution in [0.4, 0.5) is 4.39 Å². The van der Waals surface area contributed by atoms with E-state index in [1.165, 1.54) is 0 Å². The zero-order valence-corrected chi connectivity index (χ0v) is 8.82. The number of rotatable bonds is 1. The van der Waals surface area contributed by atoms with Crippen LogP contribution in [0.2, 0.25) is 0 Å². The van der Waals surface area contributed by atoms with Crippen molar-refractivity contribution in [2.24, 2.45) is 0 Å². The van der Waals surface area contributed by atoms with E-state index in [0.29, 0.717) is 5.56 Å². The van der Waals surface area contributed by atoms with Gasteiger partial charge in [0.25, 0.3) is 0 Å². The van der Waals surface area contributed by atoms with Gasteiger partial charge in [0.2, 0.25) is 0 Å². The van der Waals surface area contributed by atoms with Gasteiger partial charge in [-0.15, -0.1) is 0 Å². The van der Waals surface area contributed by atoms with Crippen LogP contribution in [0, 0.1) is 3.57 Å². The molecule has 0 bridgehead atoms. The Morgan fingerprint density at radius 2 is 2.20 bits per heavy atom. The molecule has 0 atom stereocenters. The predicted octanol–water partition coefficient (Wildman–Crippen LogP) is 3.52. The monoisotopic (exact) mass is 314 g/mol. The predicted molar refractivity (Wildman–Crippen MR) is 51.7 cm³/mol. The Kier molecular flexibility index (Phi) is 3.10. The maximum Gasteiger partial charge on any atom is 0.116 e. The molecule has 0 N–H and O–H groups in total. The van der Waals surface area contributed by atoms with Crippen molar-refractivity contribution >= 4 is 38.5 Å². The first kappa shape index (κ1) is 8.46. The Balaban J connectivity index is 3.07. The molecule has 0 aliphatic rings. The van der Waals surface area contributed by atoms with E-state index in [2.05, 4.69) is 38.5 Å². The zero-order chi connectivity index (χ0) is 7.56. The van der Waals surface area contributed by atoms with Gasteiger partial charge in [0.05, 0.1) is 0 Å². The summed E-state index contributed by atoms with van der Waals surface area (Å²) in [6, 6.07) is 5.57. The molecule has 0 spiro atoms. The highest BCUT2D eigenvalue weighted by Crippen LogP contribution is 2.20. The number of hydrogen-bond acceptors (Lipinski definition) is 0. The SMILES string of the molecule is FCc1ccc(I)cc1Br. The fourth-order valence-electron chi connectivity index (χ4n) is 0.630. The molecule has 0 amide bonds. The van der Waals surface area contributed by atoms with Gasteiger partial charge in [-0.25, -0.2) is 4.39 Å². The fourth-order valence-corrected chi connectivity index (χ4v) is 2.03. The minimum atomic E-state index is -0.405. The van der Waals surface area contributed by atoms with Crippen molar-refractivity contribution in [2.75, 3.05) is 0 Å². The molecule has 10 heavy (non-hydrogen) atoms. The Bertz CT molecular complexity index is 237. The Hall–Kier alpha value is 0.360. The van der Waals surface area contributed by atoms with Crippen molar-refractivity contribution in [1.82, 2.24) is 0 Å². The van der Waals surface area contributed by atoms with E-state index in [1.807, 2.05) is 12.1 Å². The summed E-state index contributed by atoms with van der Waals surface area (Å²) < 4.78 is 14.0. The molecule has 1 aromatic carbocycles. The molecular weight excluding hydrogens is 310 g/mol. The summed E-state index contributed by atoms with van der Waals surface area (Å²) >= 11 is 5.45. The molecule has 54 valence electrons. The minimum Gasteiger partial charge on any atom is -0.246 e. The molecule has 0 aromatic heterocycles. The van der Waals surface area contributed by atoms with Gasteiger partial charge in [-0.05, 0) is 40.3 Å². The summed E-state index contributed by atoms with van der Waals surface area (Å²) in [5, 5.41) is 0. The summed E-state index contributed by atoms with van der Waals surface area (Å²) in [4.78, 5) is 0. The molecular formula is C7H5BrFI. The van der Waals surface area contributed by atoms with Crippen LogP contribution in [0.25, 0.3) is 0 Å². The van der Waals surface area contributed by atoms with E-state index in [9.17, 15) is 4.39 Å². The lowest BCUT2D eigenvalue weighted by atomic mass is 10.2. The van der Waals surface area contributed by atoms with Crippen molar-refractivity contribution in [3.05, 3.63) is 31.8 Å². The normalized spacial score (nSPS) is 9.90. The minimum absolute atomic E-state index is 0.405. The van der Waals surface area contributed by atoms with Gasteiger partial charge in [0.15, 0.2) is 0 Å². The van der Waals surface area contributed by atoms with Crippen molar-refractivity contribution < 1.29 is 4.39 Å². The molecule has 3 heteroatoms. The number of hydrogen-bond donors (Lipinski definition) is 0. The van der Waals surface area contributed by atoms with Crippen molar-refractivity contribution in [3.8, 4) is 0 Å². The summed E-state index contributed by atoms with van der Waals surface area (Å²) in [5.41, 5.74) is 0.709. The lowest BCUT2D eigenvalue weighted by Gasteiger charge is -1.97. The summed E-state index contributed by atoms with van der Waals surface area (Å²) in [7, 11) is 0. The van der Waals surface area contributed by atoms with E-state index in [0.717, 1.165) is 8.04 Å². The van der Waals surface area contributed by atoms with Gasteiger partial charge in [0, 0.05) is 8.04 Å². The average molecular weight is 315 g/mol. The van der Waals surface area contributed by atoms with Crippen LogP contribution in [0.1, 0.15) is 5.56 Å². The van der Waals surface area contributed by atoms with Crippen molar-refractivity contribution in [2.45, 2.75) is 6.67 Å². The van der Waals surface area contributed by atoms with Crippen LogP contribution in [0.15, 0.2) is 22.7 Å². The van der Waals surface area contributed by atoms with Gasteiger partial charge >= 0.3 is 0 Å². The van der Waals surface area contributed by atoms with E-state index >= 15 is 0 Å². The van der Waals surface area contributed by atoms with Gasteiger partial charge < -0.3 is 0 Å². The molecule has 0 fully saturated rings. The van der Waals surface area contributed by atoms with Gasteiger partial charge in [-0.2, -0.15) is 0 Å². The Morgan fingerprint density at radius 3 is 2.70 bits per heavy atom. The second-order valence-corrected chi connectivity index (χ2v) is 3.97. The standard InChI is InChI=1S/C7H5BrFI/c8-7-3-6(10)2-1-5(7)4-9/h1-3H,4H2. The molecule has 0 heterocycles. The Labute approximate surface area is 81.1 Å². The molecule has 0 nitrogen and oxygen atoms in total. The molecule has 0 aliphatic carbocycles. The summed E-state index contributed by atoms with van der Waals surface area (Å²) in [6.07, 6.45) is 0. The lowest BCUT2D eigenvalue weighted by Crippen LogP contribution is -1.81. The van der Waals surface area contributed by atoms with Crippen LogP contribution in [-0.4, -0.2) is 0 Å². The average Bonchev–Trinajstić information content (AvgIpc) is 1.88. The molecule has 0 aliphatic heterocycles. The quantitative estimate of drug-likeness (QED) is 0.696. The molecule has 1 aromatic rings. The van der Waals surface area contributed by atoms with Crippen LogP contribution in [0.3, 0.4) is 0 Å². The topological polar surface area (TPSA) is 0 Å². The molecule has 0 saturated carbocycles. The first-order chi connectivity index (χ1) is 4.74. The lowest BCUT2D eigenvalue weighted by molar-refractivity contribution is 0.484. The second kappa shape index (κ2) is 3.67. The first-order valence-electron chi connectivity index (χ1n) is 2.74. The van der Waals surface area contributed by atoms with E-state index in [-0.39, 0.29) is 0 Å². The third-order valence-corrected chi connectivity index (χ3v) is 2.57. The highest BCUT2D eigenvalue weighted by molar-refractivity contribution is 14.1. The van der Waals surface area contributed by atoms with Crippen LogP contribution in [0.5, 0.6) is 0 Å². The molecule has 0 saturated heterocycles. The van der Waals surface area contributed by atoms with E-state index < -0.39 is 6.67 Å². The summed E-state index contributed by atoms with van der Waals surface area (Å²) in [5.74, 6) is 0. The maximum atomic E-state index is 12.1. The van der Waals surface area contributed by atoms with E-state index in [4.69, 9.17) is 0 Å². The molecule has 1 rings (SSSR count). The number of benzene rings is 1.